The van der Waals surface area contributed by atoms with Gasteiger partial charge in [-0.2, -0.15) is 0 Å². The second-order valence-electron chi connectivity index (χ2n) is 10.8. The molecule has 6 nitrogen and oxygen atoms in total. The van der Waals surface area contributed by atoms with E-state index in [1.165, 1.54) is 50.8 Å². The van der Waals surface area contributed by atoms with Crippen molar-refractivity contribution < 1.29 is 9.66 Å². The summed E-state index contributed by atoms with van der Waals surface area (Å²) >= 11 is 0. The Kier molecular flexibility index (Phi) is 7.81. The molecule has 1 fully saturated rings. The van der Waals surface area contributed by atoms with Gasteiger partial charge in [-0.3, -0.25) is 10.1 Å². The fraction of sp³-hybridized carbons (Fsp3) is 0.375. The van der Waals surface area contributed by atoms with Crippen molar-refractivity contribution in [2.24, 2.45) is 0 Å². The molecule has 1 aliphatic heterocycles. The van der Waals surface area contributed by atoms with Crippen LogP contribution in [-0.2, 0) is 0 Å². The number of hydrogen-bond donors (Lipinski definition) is 0. The summed E-state index contributed by atoms with van der Waals surface area (Å²) in [6, 6.07) is 13.8. The van der Waals surface area contributed by atoms with Crippen LogP contribution < -0.4 is 14.5 Å². The lowest BCUT2D eigenvalue weighted by Gasteiger charge is -2.34. The molecule has 38 heavy (non-hydrogen) atoms. The third kappa shape index (κ3) is 5.54. The smallest absolute Gasteiger partial charge is 0.270 e. The lowest BCUT2D eigenvalue weighted by Crippen LogP contribution is -2.38. The van der Waals surface area contributed by atoms with Crippen LogP contribution >= 0.6 is 0 Å². The summed E-state index contributed by atoms with van der Waals surface area (Å²) < 4.78 is 6.02. The van der Waals surface area contributed by atoms with Gasteiger partial charge in [0.05, 0.1) is 11.0 Å². The van der Waals surface area contributed by atoms with Crippen LogP contribution in [0, 0.1) is 51.7 Å². The Morgan fingerprint density at radius 3 is 1.74 bits per heavy atom. The van der Waals surface area contributed by atoms with Gasteiger partial charge in [0, 0.05) is 42.2 Å². The monoisotopic (exact) mass is 513 g/mol. The zero-order valence-corrected chi connectivity index (χ0v) is 23.8. The topological polar surface area (TPSA) is 58.9 Å². The highest BCUT2D eigenvalue weighted by Gasteiger charge is 2.33. The van der Waals surface area contributed by atoms with Crippen molar-refractivity contribution in [1.29, 1.82) is 0 Å². The Morgan fingerprint density at radius 1 is 0.842 bits per heavy atom. The van der Waals surface area contributed by atoms with E-state index in [-0.39, 0.29) is 22.9 Å². The number of nitro groups is 1. The Balaban J connectivity index is 1.85. The van der Waals surface area contributed by atoms with E-state index in [9.17, 15) is 10.1 Å². The Morgan fingerprint density at radius 2 is 1.32 bits per heavy atom. The molecule has 1 aliphatic rings. The molecular weight excluding hydrogens is 474 g/mol. The normalized spacial score (nSPS) is 14.2. The van der Waals surface area contributed by atoms with Crippen LogP contribution in [0.1, 0.15) is 52.8 Å². The minimum absolute atomic E-state index is 0.0428. The number of nitro benzene ring substituents is 1. The van der Waals surface area contributed by atoms with Crippen molar-refractivity contribution in [2.75, 3.05) is 22.9 Å². The molecular formula is C32H39N3O3. The Labute approximate surface area is 226 Å². The van der Waals surface area contributed by atoms with Crippen molar-refractivity contribution in [1.82, 2.24) is 0 Å². The highest BCUT2D eigenvalue weighted by atomic mass is 16.6. The quantitative estimate of drug-likeness (QED) is 0.240. The number of anilines is 2. The Hall–Kier alpha value is -3.80. The zero-order chi connectivity index (χ0) is 27.7. The lowest BCUT2D eigenvalue weighted by molar-refractivity contribution is -0.384. The third-order valence-electron chi connectivity index (χ3n) is 7.08. The van der Waals surface area contributed by atoms with Crippen molar-refractivity contribution in [3.05, 3.63) is 97.6 Å². The van der Waals surface area contributed by atoms with E-state index in [2.05, 4.69) is 81.7 Å². The summed E-state index contributed by atoms with van der Waals surface area (Å²) in [5.74, 6) is 0.642. The first kappa shape index (κ1) is 27.2. The van der Waals surface area contributed by atoms with Gasteiger partial charge in [0.1, 0.15) is 11.9 Å². The number of rotatable bonds is 7. The van der Waals surface area contributed by atoms with Gasteiger partial charge in [0.15, 0.2) is 0 Å². The molecule has 3 aromatic carbocycles. The maximum Gasteiger partial charge on any atom is 0.270 e. The molecule has 0 bridgehead atoms. The van der Waals surface area contributed by atoms with Crippen molar-refractivity contribution >= 4 is 23.1 Å². The zero-order valence-electron chi connectivity index (χ0n) is 23.8. The van der Waals surface area contributed by atoms with Gasteiger partial charge in [0.25, 0.3) is 5.69 Å². The van der Waals surface area contributed by atoms with Crippen LogP contribution in [0.15, 0.2) is 48.5 Å². The van der Waals surface area contributed by atoms with Crippen LogP contribution in [0.5, 0.6) is 5.75 Å². The second-order valence-corrected chi connectivity index (χ2v) is 10.8. The van der Waals surface area contributed by atoms with Gasteiger partial charge >= 0.3 is 0 Å². The summed E-state index contributed by atoms with van der Waals surface area (Å²) in [6.45, 7) is 18.6. The molecule has 4 rings (SSSR count). The molecule has 1 heterocycles. The molecule has 0 saturated carbocycles. The van der Waals surface area contributed by atoms with Gasteiger partial charge in [-0.05, 0) is 89.8 Å². The fourth-order valence-corrected chi connectivity index (χ4v) is 5.93. The van der Waals surface area contributed by atoms with Crippen LogP contribution in [0.4, 0.5) is 17.1 Å². The summed E-state index contributed by atoms with van der Waals surface area (Å²) in [5.41, 5.74) is 10.7. The van der Waals surface area contributed by atoms with Gasteiger partial charge in [-0.1, -0.05) is 41.5 Å². The molecule has 0 aliphatic carbocycles. The molecule has 0 aromatic heterocycles. The molecule has 6 heteroatoms. The van der Waals surface area contributed by atoms with Crippen LogP contribution in [0.3, 0.4) is 0 Å². The fourth-order valence-electron chi connectivity index (χ4n) is 5.93. The van der Waals surface area contributed by atoms with E-state index in [1.54, 1.807) is 12.1 Å². The first-order chi connectivity index (χ1) is 18.0. The molecule has 0 atom stereocenters. The summed E-state index contributed by atoms with van der Waals surface area (Å²) in [6.07, 6.45) is 4.04. The van der Waals surface area contributed by atoms with E-state index in [4.69, 9.17) is 4.74 Å². The number of nitrogens with zero attached hydrogens (tertiary/aromatic N) is 3. The largest absolute Gasteiger partial charge is 0.490 e. The standard InChI is InChI=1S/C32H39N3O3/c1-20(2)38-29-11-10-28(35(36)37)19-27(29)9-12-30-33(31-23(5)15-21(3)16-24(31)6)13-14-34(30)32-25(7)17-22(4)18-26(32)8/h9-12,15-20,30H,13-14H2,1-8H3/b12-9+. The Bertz CT molecular complexity index is 1280. The first-order valence-electron chi connectivity index (χ1n) is 13.3. The predicted octanol–water partition coefficient (Wildman–Crippen LogP) is 7.60. The minimum Gasteiger partial charge on any atom is -0.490 e. The number of non-ortho nitro benzene ring substituents is 1. The van der Waals surface area contributed by atoms with E-state index in [0.29, 0.717) is 11.3 Å². The van der Waals surface area contributed by atoms with Gasteiger partial charge in [-0.25, -0.2) is 0 Å². The number of ether oxygens (including phenoxy) is 1. The molecule has 0 N–H and O–H groups in total. The molecule has 0 radical (unpaired) electrons. The molecule has 3 aromatic rings. The number of benzene rings is 3. The van der Waals surface area contributed by atoms with Crippen LogP contribution in [0.2, 0.25) is 0 Å². The summed E-state index contributed by atoms with van der Waals surface area (Å²) in [7, 11) is 0. The summed E-state index contributed by atoms with van der Waals surface area (Å²) in [5, 5.41) is 11.6. The third-order valence-corrected chi connectivity index (χ3v) is 7.08. The molecule has 0 unspecified atom stereocenters. The first-order valence-corrected chi connectivity index (χ1v) is 13.3. The lowest BCUT2D eigenvalue weighted by atomic mass is 10.0. The van der Waals surface area contributed by atoms with Crippen molar-refractivity contribution in [3.63, 3.8) is 0 Å². The van der Waals surface area contributed by atoms with Crippen molar-refractivity contribution in [2.45, 2.75) is 67.7 Å². The second kappa shape index (κ2) is 10.9. The highest BCUT2D eigenvalue weighted by molar-refractivity contribution is 5.71. The van der Waals surface area contributed by atoms with Crippen LogP contribution in [0.25, 0.3) is 6.08 Å². The van der Waals surface area contributed by atoms with Gasteiger partial charge in [0.2, 0.25) is 0 Å². The molecule has 200 valence electrons. The van der Waals surface area contributed by atoms with E-state index in [0.717, 1.165) is 13.1 Å². The number of aryl methyl sites for hydroxylation is 6. The van der Waals surface area contributed by atoms with Gasteiger partial charge < -0.3 is 14.5 Å². The number of hydrogen-bond acceptors (Lipinski definition) is 5. The maximum atomic E-state index is 11.6. The highest BCUT2D eigenvalue weighted by Crippen LogP contribution is 2.37. The van der Waals surface area contributed by atoms with E-state index >= 15 is 0 Å². The minimum atomic E-state index is -0.358. The van der Waals surface area contributed by atoms with Gasteiger partial charge in [-0.15, -0.1) is 0 Å². The predicted molar refractivity (Wildman–Crippen MR) is 158 cm³/mol. The molecule has 0 spiro atoms. The van der Waals surface area contributed by atoms with Crippen LogP contribution in [-0.4, -0.2) is 30.3 Å². The average molecular weight is 514 g/mol. The van der Waals surface area contributed by atoms with E-state index < -0.39 is 0 Å². The summed E-state index contributed by atoms with van der Waals surface area (Å²) in [4.78, 5) is 16.1. The maximum absolute atomic E-state index is 11.6. The molecule has 1 saturated heterocycles. The molecule has 0 amide bonds. The van der Waals surface area contributed by atoms with Crippen molar-refractivity contribution in [3.8, 4) is 5.75 Å². The van der Waals surface area contributed by atoms with E-state index in [1.807, 2.05) is 19.9 Å². The average Bonchev–Trinajstić information content (AvgIpc) is 3.19. The SMILES string of the molecule is Cc1cc(C)c(N2CCN(c3c(C)cc(C)cc3C)C2/C=C/c2cc([N+](=O)[O-])ccc2OC(C)C)c(C)c1.